The van der Waals surface area contributed by atoms with Crippen LogP contribution in [0, 0.1) is 13.8 Å². The molecule has 2 amide bonds. The van der Waals surface area contributed by atoms with Gasteiger partial charge in [-0.05, 0) is 48.4 Å². The minimum atomic E-state index is -0.563. The Kier molecular flexibility index (Phi) is 4.39. The highest BCUT2D eigenvalue weighted by molar-refractivity contribution is 8.15. The number of anilines is 1. The van der Waals surface area contributed by atoms with E-state index in [0.717, 1.165) is 34.1 Å². The van der Waals surface area contributed by atoms with E-state index < -0.39 is 5.37 Å². The predicted molar refractivity (Wildman–Crippen MR) is 93.3 cm³/mol. The lowest BCUT2D eigenvalue weighted by molar-refractivity contribution is -0.126. The summed E-state index contributed by atoms with van der Waals surface area (Å²) in [6.45, 7) is 4.30. The molecule has 1 unspecified atom stereocenters. The molecule has 3 rings (SSSR count). The van der Waals surface area contributed by atoms with Gasteiger partial charge in [0.1, 0.15) is 0 Å². The maximum atomic E-state index is 12.5. The van der Waals surface area contributed by atoms with Crippen molar-refractivity contribution in [1.82, 2.24) is 4.90 Å². The molecule has 1 fully saturated rings. The molecule has 1 N–H and O–H groups in total. The molecule has 118 valence electrons. The SMILES string of the molecule is Cc1ccc(C)c(NC2SC(=O)N(Cc3ccccc3)C2=O)c1. The minimum Gasteiger partial charge on any atom is -0.365 e. The van der Waals surface area contributed by atoms with E-state index in [1.54, 1.807) is 0 Å². The average molecular weight is 326 g/mol. The molecule has 1 aliphatic heterocycles. The highest BCUT2D eigenvalue weighted by Crippen LogP contribution is 2.30. The molecule has 1 atom stereocenters. The number of benzene rings is 2. The van der Waals surface area contributed by atoms with Crippen LogP contribution in [0.3, 0.4) is 0 Å². The number of hydrogen-bond donors (Lipinski definition) is 1. The van der Waals surface area contributed by atoms with E-state index >= 15 is 0 Å². The smallest absolute Gasteiger partial charge is 0.291 e. The van der Waals surface area contributed by atoms with Gasteiger partial charge in [-0.1, -0.05) is 42.5 Å². The Labute approximate surface area is 139 Å². The van der Waals surface area contributed by atoms with Gasteiger partial charge < -0.3 is 5.32 Å². The molecular formula is C18H18N2O2S. The Hall–Kier alpha value is -2.27. The normalized spacial score (nSPS) is 17.7. The summed E-state index contributed by atoms with van der Waals surface area (Å²) in [5.41, 5.74) is 4.01. The molecule has 1 saturated heterocycles. The van der Waals surface area contributed by atoms with Crippen LogP contribution in [0.25, 0.3) is 0 Å². The lowest BCUT2D eigenvalue weighted by Crippen LogP contribution is -2.34. The summed E-state index contributed by atoms with van der Waals surface area (Å²) < 4.78 is 0. The predicted octanol–water partition coefficient (Wildman–Crippen LogP) is 3.94. The van der Waals surface area contributed by atoms with Crippen LogP contribution in [-0.2, 0) is 11.3 Å². The molecule has 1 aliphatic rings. The number of carbonyl (C=O) groups excluding carboxylic acids is 2. The van der Waals surface area contributed by atoms with E-state index in [-0.39, 0.29) is 11.1 Å². The van der Waals surface area contributed by atoms with Crippen molar-refractivity contribution in [3.8, 4) is 0 Å². The van der Waals surface area contributed by atoms with Crippen molar-refractivity contribution >= 4 is 28.6 Å². The number of nitrogens with zero attached hydrogens (tertiary/aromatic N) is 1. The minimum absolute atomic E-state index is 0.190. The molecule has 0 aliphatic carbocycles. The number of nitrogens with one attached hydrogen (secondary N) is 1. The molecule has 5 heteroatoms. The van der Waals surface area contributed by atoms with E-state index in [4.69, 9.17) is 0 Å². The van der Waals surface area contributed by atoms with Gasteiger partial charge >= 0.3 is 0 Å². The van der Waals surface area contributed by atoms with Crippen LogP contribution in [0.5, 0.6) is 0 Å². The summed E-state index contributed by atoms with van der Waals surface area (Å²) in [6.07, 6.45) is 0. The molecule has 0 radical (unpaired) electrons. The lowest BCUT2D eigenvalue weighted by Gasteiger charge is -2.16. The third-order valence-corrected chi connectivity index (χ3v) is 4.77. The van der Waals surface area contributed by atoms with Gasteiger partial charge in [-0.3, -0.25) is 14.5 Å². The first-order valence-corrected chi connectivity index (χ1v) is 8.32. The van der Waals surface area contributed by atoms with Crippen molar-refractivity contribution < 1.29 is 9.59 Å². The molecule has 23 heavy (non-hydrogen) atoms. The van der Waals surface area contributed by atoms with Gasteiger partial charge in [0.2, 0.25) is 0 Å². The second-order valence-corrected chi connectivity index (χ2v) is 6.69. The molecule has 0 saturated carbocycles. The largest absolute Gasteiger partial charge is 0.365 e. The standard InChI is InChI=1S/C18H18N2O2S/c1-12-8-9-13(2)15(10-12)19-16-17(21)20(18(22)23-16)11-14-6-4-3-5-7-14/h3-10,16,19H,11H2,1-2H3. The molecule has 0 aromatic heterocycles. The first-order chi connectivity index (χ1) is 11.0. The fourth-order valence-electron chi connectivity index (χ4n) is 2.48. The van der Waals surface area contributed by atoms with E-state index in [1.165, 1.54) is 4.90 Å². The Morgan fingerprint density at radius 1 is 1.09 bits per heavy atom. The maximum absolute atomic E-state index is 12.5. The molecule has 2 aromatic rings. The zero-order chi connectivity index (χ0) is 16.4. The molecule has 4 nitrogen and oxygen atoms in total. The maximum Gasteiger partial charge on any atom is 0.291 e. The van der Waals surface area contributed by atoms with E-state index in [1.807, 2.05) is 62.4 Å². The quantitative estimate of drug-likeness (QED) is 0.924. The summed E-state index contributed by atoms with van der Waals surface area (Å²) in [5.74, 6) is -0.190. The van der Waals surface area contributed by atoms with Gasteiger partial charge in [0.25, 0.3) is 11.1 Å². The zero-order valence-electron chi connectivity index (χ0n) is 13.1. The van der Waals surface area contributed by atoms with Gasteiger partial charge in [-0.2, -0.15) is 0 Å². The second-order valence-electron chi connectivity index (χ2n) is 5.64. The Balaban J connectivity index is 1.74. The summed E-state index contributed by atoms with van der Waals surface area (Å²) in [4.78, 5) is 26.0. The van der Waals surface area contributed by atoms with Crippen LogP contribution < -0.4 is 5.32 Å². The zero-order valence-corrected chi connectivity index (χ0v) is 13.9. The summed E-state index contributed by atoms with van der Waals surface area (Å²) in [6, 6.07) is 15.6. The van der Waals surface area contributed by atoms with Gasteiger partial charge in [-0.25, -0.2) is 0 Å². The first kappa shape index (κ1) is 15.6. The van der Waals surface area contributed by atoms with E-state index in [9.17, 15) is 9.59 Å². The molecule has 1 heterocycles. The number of hydrogen-bond acceptors (Lipinski definition) is 4. The Bertz CT molecular complexity index is 746. The van der Waals surface area contributed by atoms with Crippen molar-refractivity contribution in [1.29, 1.82) is 0 Å². The number of carbonyl (C=O) groups is 2. The van der Waals surface area contributed by atoms with Gasteiger partial charge in [-0.15, -0.1) is 0 Å². The van der Waals surface area contributed by atoms with Crippen molar-refractivity contribution in [3.05, 3.63) is 65.2 Å². The molecular weight excluding hydrogens is 308 g/mol. The third kappa shape index (κ3) is 3.40. The second kappa shape index (κ2) is 6.46. The van der Waals surface area contributed by atoms with Crippen molar-refractivity contribution in [2.45, 2.75) is 25.8 Å². The molecule has 0 spiro atoms. The van der Waals surface area contributed by atoms with Crippen LogP contribution >= 0.6 is 11.8 Å². The fraction of sp³-hybridized carbons (Fsp3) is 0.222. The van der Waals surface area contributed by atoms with Crippen LogP contribution in [0.2, 0.25) is 0 Å². The van der Waals surface area contributed by atoms with E-state index in [0.29, 0.717) is 6.54 Å². The van der Waals surface area contributed by atoms with Crippen LogP contribution in [0.4, 0.5) is 10.5 Å². The number of imide groups is 1. The van der Waals surface area contributed by atoms with Crippen LogP contribution in [-0.4, -0.2) is 21.4 Å². The number of thioether (sulfide) groups is 1. The van der Waals surface area contributed by atoms with Crippen molar-refractivity contribution in [2.75, 3.05) is 5.32 Å². The monoisotopic (exact) mass is 326 g/mol. The van der Waals surface area contributed by atoms with Crippen molar-refractivity contribution in [2.24, 2.45) is 0 Å². The molecule has 0 bridgehead atoms. The van der Waals surface area contributed by atoms with Gasteiger partial charge in [0, 0.05) is 5.69 Å². The van der Waals surface area contributed by atoms with Crippen LogP contribution in [0.15, 0.2) is 48.5 Å². The summed E-state index contributed by atoms with van der Waals surface area (Å²) in [7, 11) is 0. The first-order valence-electron chi connectivity index (χ1n) is 7.44. The average Bonchev–Trinajstić information content (AvgIpc) is 2.80. The highest BCUT2D eigenvalue weighted by Gasteiger charge is 2.39. The fourth-order valence-corrected chi connectivity index (χ4v) is 3.38. The summed E-state index contributed by atoms with van der Waals surface area (Å²) in [5, 5.41) is 2.43. The third-order valence-electron chi connectivity index (χ3n) is 3.79. The van der Waals surface area contributed by atoms with Gasteiger partial charge in [0.15, 0.2) is 5.37 Å². The number of amides is 2. The van der Waals surface area contributed by atoms with Gasteiger partial charge in [0.05, 0.1) is 6.54 Å². The Morgan fingerprint density at radius 2 is 1.83 bits per heavy atom. The highest BCUT2D eigenvalue weighted by atomic mass is 32.2. The van der Waals surface area contributed by atoms with Crippen molar-refractivity contribution in [3.63, 3.8) is 0 Å². The van der Waals surface area contributed by atoms with Crippen LogP contribution in [0.1, 0.15) is 16.7 Å². The number of aryl methyl sites for hydroxylation is 2. The summed E-state index contributed by atoms with van der Waals surface area (Å²) >= 11 is 1.04. The molecule has 2 aromatic carbocycles. The number of rotatable bonds is 4. The lowest BCUT2D eigenvalue weighted by atomic mass is 10.1. The van der Waals surface area contributed by atoms with E-state index in [2.05, 4.69) is 5.32 Å². The topological polar surface area (TPSA) is 49.4 Å². The Morgan fingerprint density at radius 3 is 2.57 bits per heavy atom.